The smallest absolute Gasteiger partial charge is 0.236 e. The van der Waals surface area contributed by atoms with Gasteiger partial charge in [0.25, 0.3) is 0 Å². The zero-order valence-electron chi connectivity index (χ0n) is 13.4. The number of likely N-dealkylation sites (tertiary alicyclic amines) is 2. The number of piperidine rings is 1. The largest absolute Gasteiger partial charge is 0.389 e. The SMILES string of the molecule is CC1CC(C)CN(C(=O)CN2CCCC2C(C)(C)O)C1. The lowest BCUT2D eigenvalue weighted by Crippen LogP contribution is -2.51. The van der Waals surface area contributed by atoms with Gasteiger partial charge < -0.3 is 10.0 Å². The van der Waals surface area contributed by atoms with Crippen LogP contribution in [-0.2, 0) is 4.79 Å². The minimum Gasteiger partial charge on any atom is -0.389 e. The summed E-state index contributed by atoms with van der Waals surface area (Å²) in [6.07, 6.45) is 3.29. The van der Waals surface area contributed by atoms with Crippen LogP contribution >= 0.6 is 0 Å². The highest BCUT2D eigenvalue weighted by atomic mass is 16.3. The average Bonchev–Trinajstić information content (AvgIpc) is 2.75. The van der Waals surface area contributed by atoms with Crippen LogP contribution < -0.4 is 0 Å². The van der Waals surface area contributed by atoms with E-state index in [1.54, 1.807) is 0 Å². The molecule has 2 rings (SSSR count). The molecule has 2 aliphatic heterocycles. The van der Waals surface area contributed by atoms with Crippen molar-refractivity contribution in [1.29, 1.82) is 0 Å². The van der Waals surface area contributed by atoms with Gasteiger partial charge in [-0.05, 0) is 51.5 Å². The fraction of sp³-hybridized carbons (Fsp3) is 0.938. The van der Waals surface area contributed by atoms with Crippen LogP contribution in [0, 0.1) is 11.8 Å². The van der Waals surface area contributed by atoms with Crippen molar-refractivity contribution in [2.75, 3.05) is 26.2 Å². The molecule has 3 unspecified atom stereocenters. The molecule has 0 radical (unpaired) electrons. The molecule has 2 heterocycles. The van der Waals surface area contributed by atoms with Crippen molar-refractivity contribution in [3.63, 3.8) is 0 Å². The molecule has 2 aliphatic rings. The average molecular weight is 282 g/mol. The van der Waals surface area contributed by atoms with E-state index in [0.29, 0.717) is 18.4 Å². The summed E-state index contributed by atoms with van der Waals surface area (Å²) in [7, 11) is 0. The van der Waals surface area contributed by atoms with Crippen LogP contribution in [-0.4, -0.2) is 58.6 Å². The van der Waals surface area contributed by atoms with E-state index in [9.17, 15) is 9.90 Å². The summed E-state index contributed by atoms with van der Waals surface area (Å²) < 4.78 is 0. The van der Waals surface area contributed by atoms with Crippen LogP contribution in [0.2, 0.25) is 0 Å². The van der Waals surface area contributed by atoms with Crippen molar-refractivity contribution in [3.8, 4) is 0 Å². The van der Waals surface area contributed by atoms with E-state index in [4.69, 9.17) is 0 Å². The van der Waals surface area contributed by atoms with Gasteiger partial charge in [0.05, 0.1) is 12.1 Å². The summed E-state index contributed by atoms with van der Waals surface area (Å²) >= 11 is 0. The number of hydrogen-bond acceptors (Lipinski definition) is 3. The third-order valence-corrected chi connectivity index (χ3v) is 4.74. The number of carbonyl (C=O) groups excluding carboxylic acids is 1. The van der Waals surface area contributed by atoms with E-state index >= 15 is 0 Å². The van der Waals surface area contributed by atoms with Gasteiger partial charge in [-0.3, -0.25) is 9.69 Å². The van der Waals surface area contributed by atoms with Crippen LogP contribution in [0.1, 0.15) is 47.0 Å². The molecule has 0 saturated carbocycles. The quantitative estimate of drug-likeness (QED) is 0.857. The monoisotopic (exact) mass is 282 g/mol. The maximum absolute atomic E-state index is 12.5. The van der Waals surface area contributed by atoms with Gasteiger partial charge in [0, 0.05) is 19.1 Å². The van der Waals surface area contributed by atoms with Crippen LogP contribution in [0.3, 0.4) is 0 Å². The lowest BCUT2D eigenvalue weighted by Gasteiger charge is -2.38. The van der Waals surface area contributed by atoms with Crippen molar-refractivity contribution >= 4 is 5.91 Å². The van der Waals surface area contributed by atoms with Gasteiger partial charge >= 0.3 is 0 Å². The molecule has 2 saturated heterocycles. The Morgan fingerprint density at radius 3 is 2.40 bits per heavy atom. The second-order valence-electron chi connectivity index (χ2n) is 7.53. The van der Waals surface area contributed by atoms with Gasteiger partial charge in [-0.1, -0.05) is 13.8 Å². The zero-order valence-corrected chi connectivity index (χ0v) is 13.4. The lowest BCUT2D eigenvalue weighted by atomic mass is 9.92. The van der Waals surface area contributed by atoms with E-state index < -0.39 is 5.60 Å². The Kier molecular flexibility index (Phi) is 4.75. The standard InChI is InChI=1S/C16H30N2O2/c1-12-8-13(2)10-18(9-12)15(19)11-17-7-5-6-14(17)16(3,4)20/h12-14,20H,5-11H2,1-4H3. The van der Waals surface area contributed by atoms with E-state index in [1.165, 1.54) is 6.42 Å². The topological polar surface area (TPSA) is 43.8 Å². The Morgan fingerprint density at radius 1 is 1.25 bits per heavy atom. The van der Waals surface area contributed by atoms with E-state index in [2.05, 4.69) is 18.7 Å². The summed E-state index contributed by atoms with van der Waals surface area (Å²) in [5.41, 5.74) is -0.723. The molecule has 1 N–H and O–H groups in total. The Bertz CT molecular complexity index is 341. The normalized spacial score (nSPS) is 32.6. The molecule has 0 aromatic carbocycles. The van der Waals surface area contributed by atoms with Crippen molar-refractivity contribution in [2.45, 2.75) is 58.6 Å². The Hall–Kier alpha value is -0.610. The number of carbonyl (C=O) groups is 1. The number of aliphatic hydroxyl groups is 1. The highest BCUT2D eigenvalue weighted by Crippen LogP contribution is 2.27. The second kappa shape index (κ2) is 6.02. The van der Waals surface area contributed by atoms with Crippen molar-refractivity contribution < 1.29 is 9.90 Å². The summed E-state index contributed by atoms with van der Waals surface area (Å²) in [6.45, 7) is 11.3. The van der Waals surface area contributed by atoms with Crippen LogP contribution in [0.25, 0.3) is 0 Å². The van der Waals surface area contributed by atoms with Crippen molar-refractivity contribution in [2.24, 2.45) is 11.8 Å². The van der Waals surface area contributed by atoms with Crippen molar-refractivity contribution in [1.82, 2.24) is 9.80 Å². The summed E-state index contributed by atoms with van der Waals surface area (Å²) in [4.78, 5) is 16.7. The Morgan fingerprint density at radius 2 is 1.85 bits per heavy atom. The van der Waals surface area contributed by atoms with Crippen molar-refractivity contribution in [3.05, 3.63) is 0 Å². The highest BCUT2D eigenvalue weighted by Gasteiger charge is 2.37. The van der Waals surface area contributed by atoms with Gasteiger partial charge in [0.15, 0.2) is 0 Å². The molecule has 4 heteroatoms. The molecule has 0 spiro atoms. The molecule has 0 aliphatic carbocycles. The van der Waals surface area contributed by atoms with Crippen LogP contribution in [0.4, 0.5) is 0 Å². The van der Waals surface area contributed by atoms with Crippen LogP contribution in [0.5, 0.6) is 0 Å². The maximum Gasteiger partial charge on any atom is 0.236 e. The molecular weight excluding hydrogens is 252 g/mol. The molecule has 4 nitrogen and oxygen atoms in total. The molecule has 0 bridgehead atoms. The van der Waals surface area contributed by atoms with Gasteiger partial charge in [0.1, 0.15) is 0 Å². The first kappa shape index (κ1) is 15.8. The Balaban J connectivity index is 1.94. The fourth-order valence-electron chi connectivity index (χ4n) is 3.96. The molecular formula is C16H30N2O2. The number of nitrogens with zero attached hydrogens (tertiary/aromatic N) is 2. The lowest BCUT2D eigenvalue weighted by molar-refractivity contribution is -0.136. The second-order valence-corrected chi connectivity index (χ2v) is 7.53. The van der Waals surface area contributed by atoms with E-state index in [-0.39, 0.29) is 11.9 Å². The third kappa shape index (κ3) is 3.73. The fourth-order valence-corrected chi connectivity index (χ4v) is 3.96. The van der Waals surface area contributed by atoms with Gasteiger partial charge in [-0.2, -0.15) is 0 Å². The van der Waals surface area contributed by atoms with Gasteiger partial charge in [-0.15, -0.1) is 0 Å². The summed E-state index contributed by atoms with van der Waals surface area (Å²) in [5.74, 6) is 1.44. The summed E-state index contributed by atoms with van der Waals surface area (Å²) in [6, 6.07) is 0.117. The predicted octanol–water partition coefficient (Wildman–Crippen LogP) is 1.73. The molecule has 3 atom stereocenters. The zero-order chi connectivity index (χ0) is 14.9. The minimum atomic E-state index is -0.723. The number of amides is 1. The van der Waals surface area contributed by atoms with Gasteiger partial charge in [-0.25, -0.2) is 0 Å². The molecule has 1 amide bonds. The first-order valence-corrected chi connectivity index (χ1v) is 8.01. The molecule has 0 aromatic rings. The van der Waals surface area contributed by atoms with Crippen LogP contribution in [0.15, 0.2) is 0 Å². The molecule has 2 fully saturated rings. The molecule has 20 heavy (non-hydrogen) atoms. The first-order valence-electron chi connectivity index (χ1n) is 8.01. The van der Waals surface area contributed by atoms with E-state index in [1.807, 2.05) is 18.7 Å². The maximum atomic E-state index is 12.5. The molecule has 0 aromatic heterocycles. The predicted molar refractivity (Wildman–Crippen MR) is 80.4 cm³/mol. The number of rotatable bonds is 3. The van der Waals surface area contributed by atoms with E-state index in [0.717, 1.165) is 32.5 Å². The first-order chi connectivity index (χ1) is 9.27. The number of hydrogen-bond donors (Lipinski definition) is 1. The third-order valence-electron chi connectivity index (χ3n) is 4.74. The summed E-state index contributed by atoms with van der Waals surface area (Å²) in [5, 5.41) is 10.2. The minimum absolute atomic E-state index is 0.117. The Labute approximate surface area is 123 Å². The highest BCUT2D eigenvalue weighted by molar-refractivity contribution is 5.78. The van der Waals surface area contributed by atoms with Gasteiger partial charge in [0.2, 0.25) is 5.91 Å². The molecule has 116 valence electrons.